The number of rotatable bonds is 9. The summed E-state index contributed by atoms with van der Waals surface area (Å²) < 4.78 is 2.23. The Hall–Kier alpha value is -1.07. The standard InChI is InChI=1S/C16H28N4S/c1-5-7-8-9-19(13(3)4)15-14(12-17-6-2)20-10-11-21-16(20)18-15/h10-11,13,17H,5-9,12H2,1-4H3. The van der Waals surface area contributed by atoms with E-state index in [9.17, 15) is 0 Å². The molecule has 4 nitrogen and oxygen atoms in total. The summed E-state index contributed by atoms with van der Waals surface area (Å²) in [6, 6.07) is 0.479. The van der Waals surface area contributed by atoms with Gasteiger partial charge in [0.05, 0.1) is 5.69 Å². The molecule has 0 aromatic carbocycles. The topological polar surface area (TPSA) is 32.6 Å². The van der Waals surface area contributed by atoms with Gasteiger partial charge >= 0.3 is 0 Å². The fourth-order valence-electron chi connectivity index (χ4n) is 2.60. The third kappa shape index (κ3) is 3.77. The highest BCUT2D eigenvalue weighted by Gasteiger charge is 2.20. The zero-order chi connectivity index (χ0) is 15.2. The van der Waals surface area contributed by atoms with E-state index in [0.717, 1.165) is 30.4 Å². The predicted octanol–water partition coefficient (Wildman–Crippen LogP) is 3.91. The minimum atomic E-state index is 0.479. The van der Waals surface area contributed by atoms with Gasteiger partial charge in [0.15, 0.2) is 10.8 Å². The highest BCUT2D eigenvalue weighted by Crippen LogP contribution is 2.26. The molecule has 2 aromatic heterocycles. The number of nitrogens with one attached hydrogen (secondary N) is 1. The molecule has 0 aliphatic carbocycles. The van der Waals surface area contributed by atoms with Crippen LogP contribution in [-0.4, -0.2) is 28.5 Å². The highest BCUT2D eigenvalue weighted by molar-refractivity contribution is 7.15. The van der Waals surface area contributed by atoms with Crippen molar-refractivity contribution in [3.8, 4) is 0 Å². The smallest absolute Gasteiger partial charge is 0.195 e. The van der Waals surface area contributed by atoms with Crippen LogP contribution in [0.5, 0.6) is 0 Å². The zero-order valence-corrected chi connectivity index (χ0v) is 14.5. The molecule has 0 fully saturated rings. The van der Waals surface area contributed by atoms with Crippen LogP contribution in [0.3, 0.4) is 0 Å². The fraction of sp³-hybridized carbons (Fsp3) is 0.688. The van der Waals surface area contributed by atoms with Gasteiger partial charge in [-0.1, -0.05) is 26.7 Å². The minimum absolute atomic E-state index is 0.479. The number of hydrogen-bond acceptors (Lipinski definition) is 4. The molecule has 5 heteroatoms. The van der Waals surface area contributed by atoms with Crippen molar-refractivity contribution in [2.45, 2.75) is 59.5 Å². The Labute approximate surface area is 132 Å². The molecule has 0 atom stereocenters. The normalized spacial score (nSPS) is 11.7. The van der Waals surface area contributed by atoms with Gasteiger partial charge in [0.2, 0.25) is 0 Å². The van der Waals surface area contributed by atoms with Crippen LogP contribution in [0.15, 0.2) is 11.6 Å². The van der Waals surface area contributed by atoms with Crippen LogP contribution in [0.4, 0.5) is 5.82 Å². The van der Waals surface area contributed by atoms with E-state index in [-0.39, 0.29) is 0 Å². The van der Waals surface area contributed by atoms with E-state index in [4.69, 9.17) is 4.98 Å². The number of fused-ring (bicyclic) bond motifs is 1. The van der Waals surface area contributed by atoms with Gasteiger partial charge in [-0.3, -0.25) is 4.40 Å². The maximum atomic E-state index is 4.89. The third-order valence-corrected chi connectivity index (χ3v) is 4.54. The quantitative estimate of drug-likeness (QED) is 0.713. The molecule has 1 N–H and O–H groups in total. The third-order valence-electron chi connectivity index (χ3n) is 3.78. The van der Waals surface area contributed by atoms with Crippen molar-refractivity contribution >= 4 is 22.1 Å². The molecular weight excluding hydrogens is 280 g/mol. The van der Waals surface area contributed by atoms with E-state index in [1.165, 1.54) is 25.0 Å². The van der Waals surface area contributed by atoms with E-state index < -0.39 is 0 Å². The Kier molecular flexibility index (Phi) is 6.06. The van der Waals surface area contributed by atoms with Gasteiger partial charge in [0, 0.05) is 30.7 Å². The summed E-state index contributed by atoms with van der Waals surface area (Å²) in [5, 5.41) is 5.56. The van der Waals surface area contributed by atoms with Crippen molar-refractivity contribution in [1.82, 2.24) is 14.7 Å². The molecule has 0 aliphatic rings. The van der Waals surface area contributed by atoms with Gasteiger partial charge in [-0.05, 0) is 26.8 Å². The molecule has 0 saturated heterocycles. The van der Waals surface area contributed by atoms with Crippen molar-refractivity contribution in [1.29, 1.82) is 0 Å². The summed E-state index contributed by atoms with van der Waals surface area (Å²) in [5.41, 5.74) is 1.29. The van der Waals surface area contributed by atoms with Gasteiger partial charge in [-0.15, -0.1) is 11.3 Å². The maximum Gasteiger partial charge on any atom is 0.195 e. The first kappa shape index (κ1) is 16.3. The Morgan fingerprint density at radius 1 is 1.33 bits per heavy atom. The average molecular weight is 308 g/mol. The highest BCUT2D eigenvalue weighted by atomic mass is 32.1. The lowest BCUT2D eigenvalue weighted by molar-refractivity contribution is 0.613. The molecule has 0 bridgehead atoms. The summed E-state index contributed by atoms with van der Waals surface area (Å²) in [5.74, 6) is 1.16. The first-order valence-electron chi connectivity index (χ1n) is 8.10. The summed E-state index contributed by atoms with van der Waals surface area (Å²) in [6.07, 6.45) is 5.91. The fourth-order valence-corrected chi connectivity index (χ4v) is 3.33. The van der Waals surface area contributed by atoms with Crippen molar-refractivity contribution in [2.75, 3.05) is 18.0 Å². The molecule has 0 amide bonds. The number of anilines is 1. The van der Waals surface area contributed by atoms with Crippen LogP contribution in [-0.2, 0) is 6.54 Å². The Morgan fingerprint density at radius 2 is 2.14 bits per heavy atom. The van der Waals surface area contributed by atoms with E-state index in [2.05, 4.69) is 53.9 Å². The van der Waals surface area contributed by atoms with Gasteiger partial charge < -0.3 is 10.2 Å². The number of hydrogen-bond donors (Lipinski definition) is 1. The van der Waals surface area contributed by atoms with E-state index in [1.807, 2.05) is 0 Å². The van der Waals surface area contributed by atoms with Crippen molar-refractivity contribution in [3.05, 3.63) is 17.3 Å². The molecule has 118 valence electrons. The van der Waals surface area contributed by atoms with E-state index in [0.29, 0.717) is 6.04 Å². The summed E-state index contributed by atoms with van der Waals surface area (Å²) in [4.78, 5) is 8.45. The summed E-state index contributed by atoms with van der Waals surface area (Å²) in [7, 11) is 0. The second-order valence-corrected chi connectivity index (χ2v) is 6.59. The molecule has 0 radical (unpaired) electrons. The van der Waals surface area contributed by atoms with Crippen LogP contribution in [0, 0.1) is 0 Å². The molecule has 0 saturated carbocycles. The summed E-state index contributed by atoms with van der Waals surface area (Å²) in [6.45, 7) is 11.9. The maximum absolute atomic E-state index is 4.89. The average Bonchev–Trinajstić information content (AvgIpc) is 3.02. The molecule has 2 aromatic rings. The van der Waals surface area contributed by atoms with Crippen LogP contribution >= 0.6 is 11.3 Å². The van der Waals surface area contributed by atoms with E-state index >= 15 is 0 Å². The molecule has 0 spiro atoms. The van der Waals surface area contributed by atoms with Crippen LogP contribution in [0.25, 0.3) is 4.96 Å². The lowest BCUT2D eigenvalue weighted by Crippen LogP contribution is -2.33. The Balaban J connectivity index is 2.29. The van der Waals surface area contributed by atoms with Gasteiger partial charge in [-0.25, -0.2) is 4.98 Å². The molecule has 21 heavy (non-hydrogen) atoms. The van der Waals surface area contributed by atoms with Crippen LogP contribution in [0.1, 0.15) is 52.7 Å². The second-order valence-electron chi connectivity index (χ2n) is 5.71. The summed E-state index contributed by atoms with van der Waals surface area (Å²) >= 11 is 1.71. The number of thiazole rings is 1. The lowest BCUT2D eigenvalue weighted by atomic mass is 10.2. The number of aromatic nitrogens is 2. The number of imidazole rings is 1. The molecule has 2 heterocycles. The Morgan fingerprint density at radius 3 is 2.81 bits per heavy atom. The first-order valence-corrected chi connectivity index (χ1v) is 8.98. The number of unbranched alkanes of at least 4 members (excludes halogenated alkanes) is 2. The van der Waals surface area contributed by atoms with E-state index in [1.54, 1.807) is 11.3 Å². The van der Waals surface area contributed by atoms with Crippen molar-refractivity contribution < 1.29 is 0 Å². The molecule has 0 aliphatic heterocycles. The largest absolute Gasteiger partial charge is 0.353 e. The SMILES string of the molecule is CCCCCN(c1nc2sccn2c1CNCC)C(C)C. The van der Waals surface area contributed by atoms with Crippen molar-refractivity contribution in [3.63, 3.8) is 0 Å². The molecule has 0 unspecified atom stereocenters. The van der Waals surface area contributed by atoms with Gasteiger partial charge in [-0.2, -0.15) is 0 Å². The zero-order valence-electron chi connectivity index (χ0n) is 13.7. The van der Waals surface area contributed by atoms with Gasteiger partial charge in [0.25, 0.3) is 0 Å². The van der Waals surface area contributed by atoms with Crippen molar-refractivity contribution in [2.24, 2.45) is 0 Å². The second kappa shape index (κ2) is 7.80. The minimum Gasteiger partial charge on any atom is -0.353 e. The monoisotopic (exact) mass is 308 g/mol. The number of nitrogens with zero attached hydrogens (tertiary/aromatic N) is 3. The van der Waals surface area contributed by atoms with Gasteiger partial charge in [0.1, 0.15) is 0 Å². The van der Waals surface area contributed by atoms with Crippen LogP contribution in [0.2, 0.25) is 0 Å². The predicted molar refractivity (Wildman–Crippen MR) is 92.5 cm³/mol. The molecule has 2 rings (SSSR count). The lowest BCUT2D eigenvalue weighted by Gasteiger charge is -2.28. The Bertz CT molecular complexity index is 543. The van der Waals surface area contributed by atoms with Crippen LogP contribution < -0.4 is 10.2 Å². The molecular formula is C16H28N4S. The first-order chi connectivity index (χ1) is 10.2.